The van der Waals surface area contributed by atoms with Crippen LogP contribution in [0, 0.1) is 5.41 Å². The fourth-order valence-electron chi connectivity index (χ4n) is 3.91. The highest BCUT2D eigenvalue weighted by Gasteiger charge is 2.28. The van der Waals surface area contributed by atoms with Crippen molar-refractivity contribution in [1.29, 1.82) is 5.41 Å². The quantitative estimate of drug-likeness (QED) is 0.320. The zero-order chi connectivity index (χ0) is 22.2. The first-order valence-corrected chi connectivity index (χ1v) is 11.1. The molecule has 1 heterocycles. The third-order valence-electron chi connectivity index (χ3n) is 5.63. The largest absolute Gasteiger partial charge is 0.403 e. The Bertz CT molecular complexity index is 774. The van der Waals surface area contributed by atoms with E-state index in [-0.39, 0.29) is 29.1 Å². The number of hydrogen-bond donors (Lipinski definition) is 3. The second-order valence-electron chi connectivity index (χ2n) is 8.01. The molecule has 1 saturated carbocycles. The van der Waals surface area contributed by atoms with Gasteiger partial charge in [0.15, 0.2) is 12.1 Å². The molecule has 1 aliphatic heterocycles. The molecule has 0 radical (unpaired) electrons. The van der Waals surface area contributed by atoms with Gasteiger partial charge < -0.3 is 20.1 Å². The van der Waals surface area contributed by atoms with Crippen LogP contribution in [0.15, 0.2) is 35.5 Å². The summed E-state index contributed by atoms with van der Waals surface area (Å²) in [6.45, 7) is 2.97. The molecule has 2 fully saturated rings. The smallest absolute Gasteiger partial charge is 0.269 e. The van der Waals surface area contributed by atoms with Gasteiger partial charge in [-0.05, 0) is 37.6 Å². The summed E-state index contributed by atoms with van der Waals surface area (Å²) in [6.07, 6.45) is 5.84. The van der Waals surface area contributed by atoms with Crippen molar-refractivity contribution in [2.75, 3.05) is 26.8 Å². The van der Waals surface area contributed by atoms with Gasteiger partial charge in [0.2, 0.25) is 0 Å². The van der Waals surface area contributed by atoms with Crippen molar-refractivity contribution in [2.24, 2.45) is 5.73 Å². The number of amides is 1. The van der Waals surface area contributed by atoms with Gasteiger partial charge in [0.05, 0.1) is 24.3 Å². The van der Waals surface area contributed by atoms with Crippen LogP contribution in [0.1, 0.15) is 48.0 Å². The topological polar surface area (TPSA) is 104 Å². The summed E-state index contributed by atoms with van der Waals surface area (Å²) in [5.74, 6) is -0.258. The van der Waals surface area contributed by atoms with E-state index in [0.29, 0.717) is 18.8 Å². The number of halogens is 1. The van der Waals surface area contributed by atoms with E-state index in [1.807, 2.05) is 12.1 Å². The Morgan fingerprint density at radius 1 is 1.26 bits per heavy atom. The van der Waals surface area contributed by atoms with Gasteiger partial charge in [-0.25, -0.2) is 0 Å². The predicted octanol–water partition coefficient (Wildman–Crippen LogP) is 2.79. The molecule has 0 atom stereocenters. The second-order valence-corrected chi connectivity index (χ2v) is 8.41. The number of ether oxygens (including phenoxy) is 2. The fourth-order valence-corrected chi connectivity index (χ4v) is 4.00. The minimum atomic E-state index is -0.270. The minimum absolute atomic E-state index is 0.0119. The van der Waals surface area contributed by atoms with Gasteiger partial charge in [0.1, 0.15) is 0 Å². The third kappa shape index (κ3) is 6.67. The lowest BCUT2D eigenvalue weighted by Gasteiger charge is -2.31. The Labute approximate surface area is 188 Å². The van der Waals surface area contributed by atoms with Crippen LogP contribution in [0.25, 0.3) is 0 Å². The van der Waals surface area contributed by atoms with E-state index in [1.165, 1.54) is 6.20 Å². The van der Waals surface area contributed by atoms with Gasteiger partial charge >= 0.3 is 0 Å². The Balaban J connectivity index is 1.55. The Kier molecular flexibility index (Phi) is 8.71. The second kappa shape index (κ2) is 11.5. The maximum Gasteiger partial charge on any atom is 0.269 e. The van der Waals surface area contributed by atoms with Gasteiger partial charge in [-0.1, -0.05) is 36.6 Å². The summed E-state index contributed by atoms with van der Waals surface area (Å²) < 4.78 is 10.9. The van der Waals surface area contributed by atoms with Crippen molar-refractivity contribution in [1.82, 2.24) is 15.3 Å². The number of hydrogen-bond acceptors (Lipinski definition) is 6. The van der Waals surface area contributed by atoms with E-state index in [9.17, 15) is 4.79 Å². The lowest BCUT2D eigenvalue weighted by Crippen LogP contribution is -2.51. The molecule has 170 valence electrons. The number of benzene rings is 1. The minimum Gasteiger partial charge on any atom is -0.403 e. The van der Waals surface area contributed by atoms with Crippen molar-refractivity contribution in [2.45, 2.75) is 51.0 Å². The number of rotatable bonds is 8. The first-order valence-electron chi connectivity index (χ1n) is 10.7. The summed E-state index contributed by atoms with van der Waals surface area (Å²) >= 11 is 6.05. The maximum atomic E-state index is 12.8. The lowest BCUT2D eigenvalue weighted by atomic mass is 10.1. The summed E-state index contributed by atoms with van der Waals surface area (Å²) in [6, 6.07) is 7.56. The van der Waals surface area contributed by atoms with E-state index < -0.39 is 0 Å². The molecule has 1 aromatic carbocycles. The molecular weight excluding hydrogens is 418 g/mol. The van der Waals surface area contributed by atoms with Crippen LogP contribution in [0.5, 0.6) is 0 Å². The summed E-state index contributed by atoms with van der Waals surface area (Å²) in [5, 5.41) is 9.95. The van der Waals surface area contributed by atoms with Gasteiger partial charge in [-0.2, -0.15) is 0 Å². The number of carbonyl (C=O) groups excluding carboxylic acids is 1. The number of amidine groups is 1. The molecule has 0 bridgehead atoms. The Hall–Kier alpha value is -2.13. The first-order chi connectivity index (χ1) is 15.0. The molecule has 3 rings (SSSR count). The lowest BCUT2D eigenvalue weighted by molar-refractivity contribution is -0.0508. The van der Waals surface area contributed by atoms with Gasteiger partial charge in [0.25, 0.3) is 5.91 Å². The molecule has 1 amide bonds. The average Bonchev–Trinajstić information content (AvgIpc) is 3.49. The highest BCUT2D eigenvalue weighted by Crippen LogP contribution is 2.24. The molecule has 2 aliphatic rings. The monoisotopic (exact) mass is 449 g/mol. The van der Waals surface area contributed by atoms with Crippen molar-refractivity contribution < 1.29 is 14.3 Å². The van der Waals surface area contributed by atoms with E-state index in [2.05, 4.69) is 17.4 Å². The number of nitrogens with two attached hydrogens (primary N) is 1. The van der Waals surface area contributed by atoms with Gasteiger partial charge in [0, 0.05) is 31.3 Å². The van der Waals surface area contributed by atoms with Crippen LogP contribution in [0.3, 0.4) is 0 Å². The number of carbonyl (C=O) groups is 1. The Morgan fingerprint density at radius 3 is 2.52 bits per heavy atom. The van der Waals surface area contributed by atoms with Gasteiger partial charge in [-0.3, -0.25) is 20.6 Å². The molecule has 4 N–H and O–H groups in total. The zero-order valence-corrected chi connectivity index (χ0v) is 18.7. The summed E-state index contributed by atoms with van der Waals surface area (Å²) in [7, 11) is 2.05. The van der Waals surface area contributed by atoms with Crippen LogP contribution in [-0.4, -0.2) is 60.8 Å². The summed E-state index contributed by atoms with van der Waals surface area (Å²) in [5.41, 5.74) is 9.97. The SMILES string of the molecule is CN(CCC1OCCO1)Cc1ccc(C(=O)NN(C(=N)C(Cl)=CN)C2CCCC2)cc1. The first kappa shape index (κ1) is 23.5. The molecule has 9 heteroatoms. The molecule has 0 aromatic heterocycles. The number of nitrogens with zero attached hydrogens (tertiary/aromatic N) is 2. The number of hydrazine groups is 1. The molecular formula is C22H32ClN5O3. The highest BCUT2D eigenvalue weighted by atomic mass is 35.5. The third-order valence-corrected chi connectivity index (χ3v) is 5.94. The van der Waals surface area contributed by atoms with Crippen LogP contribution >= 0.6 is 11.6 Å². The molecule has 0 unspecified atom stereocenters. The molecule has 1 aliphatic carbocycles. The normalized spacial score (nSPS) is 18.0. The highest BCUT2D eigenvalue weighted by molar-refractivity contribution is 6.42. The summed E-state index contributed by atoms with van der Waals surface area (Å²) in [4.78, 5) is 15.0. The van der Waals surface area contributed by atoms with E-state index in [1.54, 1.807) is 17.1 Å². The van der Waals surface area contributed by atoms with Crippen LogP contribution in [-0.2, 0) is 16.0 Å². The van der Waals surface area contributed by atoms with E-state index >= 15 is 0 Å². The van der Waals surface area contributed by atoms with Crippen LogP contribution < -0.4 is 11.2 Å². The van der Waals surface area contributed by atoms with Crippen molar-refractivity contribution in [3.63, 3.8) is 0 Å². The van der Waals surface area contributed by atoms with E-state index in [0.717, 1.165) is 50.8 Å². The van der Waals surface area contributed by atoms with Crippen molar-refractivity contribution in [3.05, 3.63) is 46.6 Å². The van der Waals surface area contributed by atoms with E-state index in [4.69, 9.17) is 32.2 Å². The molecule has 8 nitrogen and oxygen atoms in total. The van der Waals surface area contributed by atoms with Crippen LogP contribution in [0.2, 0.25) is 0 Å². The standard InChI is InChI=1S/C22H32ClN5O3/c1-27(11-10-20-30-12-13-31-20)15-16-6-8-17(9-7-16)22(29)26-28(18-4-2-3-5-18)21(25)19(23)14-24/h6-9,14,18,20,25H,2-5,10-13,15,24H2,1H3,(H,26,29). The maximum absolute atomic E-state index is 12.8. The molecule has 31 heavy (non-hydrogen) atoms. The van der Waals surface area contributed by atoms with Crippen molar-refractivity contribution >= 4 is 23.3 Å². The number of nitrogens with one attached hydrogen (secondary N) is 2. The van der Waals surface area contributed by atoms with Gasteiger partial charge in [-0.15, -0.1) is 0 Å². The average molecular weight is 450 g/mol. The van der Waals surface area contributed by atoms with Crippen LogP contribution in [0.4, 0.5) is 0 Å². The molecule has 0 spiro atoms. The molecule has 1 aromatic rings. The predicted molar refractivity (Wildman–Crippen MR) is 120 cm³/mol. The zero-order valence-electron chi connectivity index (χ0n) is 18.0. The molecule has 1 saturated heterocycles. The fraction of sp³-hybridized carbons (Fsp3) is 0.545. The Morgan fingerprint density at radius 2 is 1.90 bits per heavy atom. The van der Waals surface area contributed by atoms with Crippen molar-refractivity contribution in [3.8, 4) is 0 Å².